The summed E-state index contributed by atoms with van der Waals surface area (Å²) in [6.07, 6.45) is -1.32. The van der Waals surface area contributed by atoms with Gasteiger partial charge in [0.1, 0.15) is 17.9 Å². The largest absolute Gasteiger partial charge is 0.481 e. The number of ketones is 1. The molecule has 0 aliphatic heterocycles. The van der Waals surface area contributed by atoms with Gasteiger partial charge in [0.2, 0.25) is 23.6 Å². The van der Waals surface area contributed by atoms with E-state index in [4.69, 9.17) is 30.2 Å². The quantitative estimate of drug-likeness (QED) is 0.0495. The van der Waals surface area contributed by atoms with E-state index in [9.17, 15) is 33.6 Å². The van der Waals surface area contributed by atoms with Crippen molar-refractivity contribution in [2.24, 2.45) is 5.73 Å². The number of Topliss-reactive ketones (excluding diaryl/α,β-unsaturated/α-hetero) is 1. The first-order valence-corrected chi connectivity index (χ1v) is 13.5. The van der Waals surface area contributed by atoms with Gasteiger partial charge in [-0.3, -0.25) is 33.6 Å². The van der Waals surface area contributed by atoms with Crippen molar-refractivity contribution in [3.63, 3.8) is 0 Å². The summed E-state index contributed by atoms with van der Waals surface area (Å²) in [7, 11) is 0. The van der Waals surface area contributed by atoms with Gasteiger partial charge in [0.05, 0.1) is 46.2 Å². The van der Waals surface area contributed by atoms with E-state index in [0.29, 0.717) is 6.42 Å². The summed E-state index contributed by atoms with van der Waals surface area (Å²) in [6.45, 7) is 2.42. The normalized spacial score (nSPS) is 12.0. The number of amides is 4. The lowest BCUT2D eigenvalue weighted by Crippen LogP contribution is -2.54. The van der Waals surface area contributed by atoms with Crippen LogP contribution in [0.15, 0.2) is 0 Å². The van der Waals surface area contributed by atoms with Crippen molar-refractivity contribution in [3.05, 3.63) is 0 Å². The van der Waals surface area contributed by atoms with Crippen LogP contribution in [0.3, 0.4) is 0 Å². The van der Waals surface area contributed by atoms with E-state index in [0.717, 1.165) is 0 Å². The van der Waals surface area contributed by atoms with Crippen LogP contribution in [0.2, 0.25) is 0 Å². The summed E-state index contributed by atoms with van der Waals surface area (Å²) >= 11 is 0. The van der Waals surface area contributed by atoms with Crippen LogP contribution < -0.4 is 27.0 Å². The van der Waals surface area contributed by atoms with E-state index in [1.54, 1.807) is 0 Å². The zero-order chi connectivity index (χ0) is 31.8. The molecular formula is C25H43N5O12. The summed E-state index contributed by atoms with van der Waals surface area (Å²) < 4.78 is 15.8. The molecule has 0 rings (SSSR count). The molecule has 0 aliphatic carbocycles. The second-order valence-electron chi connectivity index (χ2n) is 8.93. The molecular weight excluding hydrogens is 562 g/mol. The molecule has 8 N–H and O–H groups in total. The average Bonchev–Trinajstić information content (AvgIpc) is 2.93. The Morgan fingerprint density at radius 2 is 1.12 bits per heavy atom. The minimum Gasteiger partial charge on any atom is -0.481 e. The number of hydrogen-bond donors (Lipinski definition) is 7. The first-order valence-electron chi connectivity index (χ1n) is 13.5. The van der Waals surface area contributed by atoms with Gasteiger partial charge in [-0.2, -0.15) is 0 Å². The molecule has 2 atom stereocenters. The average molecular weight is 606 g/mol. The van der Waals surface area contributed by atoms with Gasteiger partial charge in [-0.15, -0.1) is 0 Å². The van der Waals surface area contributed by atoms with E-state index in [2.05, 4.69) is 21.3 Å². The summed E-state index contributed by atoms with van der Waals surface area (Å²) in [5, 5.41) is 27.9. The van der Waals surface area contributed by atoms with Crippen LogP contribution >= 0.6 is 0 Å². The van der Waals surface area contributed by atoms with Crippen LogP contribution in [-0.2, 0) is 47.8 Å². The SMILES string of the molecule is CC(=O)CCOCCOCCNC(=O)[C@@H](CCC(=O)O)NC(=O)[C@@H](CCC(=O)O)NC(=O)CCOCCNC(=O)CN. The van der Waals surface area contributed by atoms with Crippen LogP contribution in [0.1, 0.15) is 45.4 Å². The standard InChI is InChI=1S/C25H43N5O12/c1-17(31)6-10-41-14-15-42-13-9-28-24(38)18(2-4-22(34)35)30-25(39)19(3-5-23(36)37)29-20(32)7-11-40-12-8-27-21(33)16-26/h18-19H,2-16,26H2,1H3,(H,27,33)(H,28,38)(H,29,32)(H,30,39)(H,34,35)(H,36,37)/t18-,19-/m1/s1. The van der Waals surface area contributed by atoms with E-state index in [1.165, 1.54) is 6.92 Å². The van der Waals surface area contributed by atoms with Crippen molar-refractivity contribution in [2.45, 2.75) is 57.5 Å². The van der Waals surface area contributed by atoms with E-state index >= 15 is 0 Å². The van der Waals surface area contributed by atoms with Crippen molar-refractivity contribution >= 4 is 41.4 Å². The molecule has 0 bridgehead atoms. The second kappa shape index (κ2) is 24.0. The highest BCUT2D eigenvalue weighted by Crippen LogP contribution is 2.04. The topological polar surface area (TPSA) is 262 Å². The zero-order valence-corrected chi connectivity index (χ0v) is 23.8. The molecule has 17 nitrogen and oxygen atoms in total. The number of hydrogen-bond acceptors (Lipinski definition) is 11. The maximum Gasteiger partial charge on any atom is 0.303 e. The Kier molecular flexibility index (Phi) is 21.9. The van der Waals surface area contributed by atoms with Gasteiger partial charge in [-0.1, -0.05) is 0 Å². The van der Waals surface area contributed by atoms with Crippen molar-refractivity contribution in [1.29, 1.82) is 0 Å². The van der Waals surface area contributed by atoms with Gasteiger partial charge in [0, 0.05) is 38.8 Å². The van der Waals surface area contributed by atoms with E-state index in [1.807, 2.05) is 0 Å². The molecule has 42 heavy (non-hydrogen) atoms. The van der Waals surface area contributed by atoms with Gasteiger partial charge >= 0.3 is 11.9 Å². The number of carbonyl (C=O) groups excluding carboxylic acids is 5. The predicted octanol–water partition coefficient (Wildman–Crippen LogP) is -2.70. The van der Waals surface area contributed by atoms with Crippen LogP contribution in [-0.4, -0.2) is 123 Å². The molecule has 0 unspecified atom stereocenters. The lowest BCUT2D eigenvalue weighted by Gasteiger charge is -2.23. The summed E-state index contributed by atoms with van der Waals surface area (Å²) in [4.78, 5) is 82.0. The Morgan fingerprint density at radius 3 is 1.67 bits per heavy atom. The molecule has 0 aromatic rings. The first-order chi connectivity index (χ1) is 20.0. The third kappa shape index (κ3) is 22.1. The summed E-state index contributed by atoms with van der Waals surface area (Å²) in [5.74, 6) is -4.95. The zero-order valence-electron chi connectivity index (χ0n) is 23.8. The number of carboxylic acids is 2. The Labute approximate surface area is 243 Å². The highest BCUT2D eigenvalue weighted by Gasteiger charge is 2.27. The monoisotopic (exact) mass is 605 g/mol. The maximum atomic E-state index is 12.9. The number of carboxylic acid groups (broad SMARTS) is 2. The molecule has 0 heterocycles. The van der Waals surface area contributed by atoms with Crippen LogP contribution in [0.25, 0.3) is 0 Å². The lowest BCUT2D eigenvalue weighted by molar-refractivity contribution is -0.139. The van der Waals surface area contributed by atoms with Crippen LogP contribution in [0.4, 0.5) is 0 Å². The van der Waals surface area contributed by atoms with Gasteiger partial charge in [0.25, 0.3) is 0 Å². The molecule has 0 aromatic carbocycles. The fraction of sp³-hybridized carbons (Fsp3) is 0.720. The van der Waals surface area contributed by atoms with Crippen molar-refractivity contribution < 1.29 is 58.0 Å². The maximum absolute atomic E-state index is 12.9. The summed E-state index contributed by atoms with van der Waals surface area (Å²) in [5.41, 5.74) is 5.16. The van der Waals surface area contributed by atoms with Gasteiger partial charge in [-0.25, -0.2) is 0 Å². The smallest absolute Gasteiger partial charge is 0.303 e. The predicted molar refractivity (Wildman–Crippen MR) is 145 cm³/mol. The molecule has 0 aliphatic rings. The Balaban J connectivity index is 4.84. The Morgan fingerprint density at radius 1 is 0.619 bits per heavy atom. The molecule has 17 heteroatoms. The van der Waals surface area contributed by atoms with Crippen molar-refractivity contribution in [2.75, 3.05) is 59.3 Å². The molecule has 0 aromatic heterocycles. The Hall–Kier alpha value is -3.67. The van der Waals surface area contributed by atoms with E-state index in [-0.39, 0.29) is 90.2 Å². The Bertz CT molecular complexity index is 886. The van der Waals surface area contributed by atoms with Crippen molar-refractivity contribution in [1.82, 2.24) is 21.3 Å². The molecule has 240 valence electrons. The number of carbonyl (C=O) groups is 7. The van der Waals surface area contributed by atoms with Gasteiger partial charge in [-0.05, 0) is 19.8 Å². The molecule has 0 fully saturated rings. The minimum absolute atomic E-state index is 0.00657. The number of nitrogens with two attached hydrogens (primary N) is 1. The third-order valence-corrected chi connectivity index (χ3v) is 5.32. The number of rotatable bonds is 26. The van der Waals surface area contributed by atoms with Crippen molar-refractivity contribution in [3.8, 4) is 0 Å². The number of nitrogens with one attached hydrogen (secondary N) is 4. The number of aliphatic carboxylic acids is 2. The lowest BCUT2D eigenvalue weighted by atomic mass is 10.1. The van der Waals surface area contributed by atoms with E-state index < -0.39 is 54.6 Å². The minimum atomic E-state index is -1.32. The molecule has 0 saturated heterocycles. The summed E-state index contributed by atoms with van der Waals surface area (Å²) in [6, 6.07) is -2.59. The fourth-order valence-corrected chi connectivity index (χ4v) is 3.12. The highest BCUT2D eigenvalue weighted by atomic mass is 16.5. The first kappa shape index (κ1) is 38.3. The molecule has 4 amide bonds. The molecule has 0 spiro atoms. The van der Waals surface area contributed by atoms with Crippen LogP contribution in [0.5, 0.6) is 0 Å². The fourth-order valence-electron chi connectivity index (χ4n) is 3.12. The third-order valence-electron chi connectivity index (χ3n) is 5.32. The highest BCUT2D eigenvalue weighted by molar-refractivity contribution is 5.92. The van der Waals surface area contributed by atoms with Gasteiger partial charge < -0.3 is 51.4 Å². The van der Waals surface area contributed by atoms with Crippen LogP contribution in [0, 0.1) is 0 Å². The number of ether oxygens (including phenoxy) is 3. The molecule has 0 saturated carbocycles. The second-order valence-corrected chi connectivity index (χ2v) is 8.93. The van der Waals surface area contributed by atoms with Gasteiger partial charge in [0.15, 0.2) is 0 Å². The molecule has 0 radical (unpaired) electrons.